The topological polar surface area (TPSA) is 120 Å². The van der Waals surface area contributed by atoms with Crippen LogP contribution in [0, 0.1) is 5.92 Å². The summed E-state index contributed by atoms with van der Waals surface area (Å²) in [5.41, 5.74) is 6.69. The number of ether oxygens (including phenoxy) is 2. The van der Waals surface area contributed by atoms with Crippen LogP contribution in [0.15, 0.2) is 42.5 Å². The number of fused-ring (bicyclic) bond motifs is 2. The Hall–Kier alpha value is -3.30. The number of nitrogens with zero attached hydrogens (tertiary/aromatic N) is 1. The number of benzene rings is 2. The van der Waals surface area contributed by atoms with Crippen LogP contribution >= 0.6 is 0 Å². The molecule has 0 bridgehead atoms. The van der Waals surface area contributed by atoms with Crippen LogP contribution < -0.4 is 25.4 Å². The van der Waals surface area contributed by atoms with Crippen molar-refractivity contribution < 1.29 is 29.4 Å². The fourth-order valence-electron chi connectivity index (χ4n) is 3.59. The summed E-state index contributed by atoms with van der Waals surface area (Å²) in [5.74, 6) is -0.686. The fourth-order valence-corrected chi connectivity index (χ4v) is 3.59. The predicted octanol–water partition coefficient (Wildman–Crippen LogP) is 0.882. The van der Waals surface area contributed by atoms with E-state index in [1.165, 1.54) is 5.01 Å². The van der Waals surface area contributed by atoms with Gasteiger partial charge in [-0.1, -0.05) is 24.3 Å². The number of hydroxylamine groups is 1. The molecule has 2 aromatic carbocycles. The standard InChI is InChI=1S/C20H21N3O6/c24-18(22-27)9-14(7-12-5-6-16-17(8-12)29-11-28-16)20(26)21-23-15-4-2-1-3-13(15)10-19(23)25/h1-6,8,14,19,25,27H,7,9-11H2,(H,21,26)(H,22,24)/t14-,19-/m1/s1. The molecule has 2 heterocycles. The second kappa shape index (κ2) is 7.98. The molecular weight excluding hydrogens is 378 g/mol. The Kier molecular flexibility index (Phi) is 5.24. The number of carbonyl (C=O) groups is 2. The Morgan fingerprint density at radius 2 is 1.97 bits per heavy atom. The van der Waals surface area contributed by atoms with E-state index in [4.69, 9.17) is 14.7 Å². The first kappa shape index (κ1) is 19.0. The minimum atomic E-state index is -0.894. The van der Waals surface area contributed by atoms with Crippen LogP contribution in [-0.4, -0.2) is 35.1 Å². The number of para-hydroxylation sites is 1. The maximum Gasteiger partial charge on any atom is 0.244 e. The molecule has 152 valence electrons. The molecule has 2 atom stereocenters. The van der Waals surface area contributed by atoms with Crippen molar-refractivity contribution >= 4 is 17.5 Å². The minimum Gasteiger partial charge on any atom is -0.454 e. The highest BCUT2D eigenvalue weighted by Crippen LogP contribution is 2.34. The molecule has 2 aliphatic rings. The summed E-state index contributed by atoms with van der Waals surface area (Å²) in [5, 5.41) is 20.6. The van der Waals surface area contributed by atoms with Gasteiger partial charge in [-0.2, -0.15) is 0 Å². The molecule has 0 unspecified atom stereocenters. The van der Waals surface area contributed by atoms with Gasteiger partial charge in [0.1, 0.15) is 6.23 Å². The van der Waals surface area contributed by atoms with Gasteiger partial charge in [0.2, 0.25) is 18.6 Å². The van der Waals surface area contributed by atoms with Crippen molar-refractivity contribution in [2.24, 2.45) is 5.92 Å². The van der Waals surface area contributed by atoms with E-state index in [-0.39, 0.29) is 19.6 Å². The van der Waals surface area contributed by atoms with Crippen molar-refractivity contribution in [2.45, 2.75) is 25.5 Å². The average Bonchev–Trinajstić information content (AvgIpc) is 3.31. The van der Waals surface area contributed by atoms with Gasteiger partial charge >= 0.3 is 0 Å². The smallest absolute Gasteiger partial charge is 0.244 e. The lowest BCUT2D eigenvalue weighted by molar-refractivity contribution is -0.135. The summed E-state index contributed by atoms with van der Waals surface area (Å²) in [4.78, 5) is 24.7. The van der Waals surface area contributed by atoms with Crippen molar-refractivity contribution in [3.63, 3.8) is 0 Å². The Balaban J connectivity index is 1.52. The number of anilines is 1. The Bertz CT molecular complexity index is 934. The van der Waals surface area contributed by atoms with Gasteiger partial charge in [-0.3, -0.25) is 25.2 Å². The van der Waals surface area contributed by atoms with Gasteiger partial charge in [0.05, 0.1) is 11.6 Å². The fraction of sp³-hybridized carbons (Fsp3) is 0.300. The number of amides is 2. The van der Waals surface area contributed by atoms with E-state index < -0.39 is 24.0 Å². The summed E-state index contributed by atoms with van der Waals surface area (Å²) in [6.45, 7) is 0.141. The lowest BCUT2D eigenvalue weighted by Crippen LogP contribution is -2.49. The van der Waals surface area contributed by atoms with E-state index in [0.29, 0.717) is 23.6 Å². The molecule has 2 aromatic rings. The van der Waals surface area contributed by atoms with Crippen molar-refractivity contribution in [1.29, 1.82) is 0 Å². The number of nitrogens with one attached hydrogen (secondary N) is 2. The summed E-state index contributed by atoms with van der Waals surface area (Å²) in [7, 11) is 0. The molecule has 0 fully saturated rings. The van der Waals surface area contributed by atoms with Crippen molar-refractivity contribution in [3.8, 4) is 11.5 Å². The quantitative estimate of drug-likeness (QED) is 0.420. The molecule has 4 N–H and O–H groups in total. The zero-order valence-corrected chi connectivity index (χ0v) is 15.5. The van der Waals surface area contributed by atoms with Gasteiger partial charge in [-0.25, -0.2) is 5.48 Å². The number of aliphatic hydroxyl groups excluding tert-OH is 1. The molecular formula is C20H21N3O6. The Morgan fingerprint density at radius 1 is 1.17 bits per heavy atom. The average molecular weight is 399 g/mol. The van der Waals surface area contributed by atoms with E-state index >= 15 is 0 Å². The Labute approximate surface area is 166 Å². The van der Waals surface area contributed by atoms with E-state index in [1.54, 1.807) is 29.7 Å². The molecule has 9 heteroatoms. The normalized spacial score (nSPS) is 17.6. The van der Waals surface area contributed by atoms with E-state index in [0.717, 1.165) is 11.1 Å². The van der Waals surface area contributed by atoms with Crippen LogP contribution in [0.4, 0.5) is 5.69 Å². The second-order valence-electron chi connectivity index (χ2n) is 6.99. The molecule has 0 saturated heterocycles. The number of rotatable bonds is 6. The molecule has 4 rings (SSSR count). The van der Waals surface area contributed by atoms with Gasteiger partial charge in [0.15, 0.2) is 11.5 Å². The van der Waals surface area contributed by atoms with Crippen molar-refractivity contribution in [3.05, 3.63) is 53.6 Å². The molecule has 2 aliphatic heterocycles. The lowest BCUT2D eigenvalue weighted by Gasteiger charge is -2.27. The molecule has 2 amide bonds. The van der Waals surface area contributed by atoms with Crippen LogP contribution in [0.5, 0.6) is 11.5 Å². The highest BCUT2D eigenvalue weighted by Gasteiger charge is 2.31. The van der Waals surface area contributed by atoms with Gasteiger partial charge in [-0.15, -0.1) is 0 Å². The third-order valence-electron chi connectivity index (χ3n) is 5.03. The first-order valence-electron chi connectivity index (χ1n) is 9.22. The van der Waals surface area contributed by atoms with Crippen LogP contribution in [0.2, 0.25) is 0 Å². The first-order chi connectivity index (χ1) is 14.0. The number of hydrogen-bond donors (Lipinski definition) is 4. The SMILES string of the molecule is O=C(C[C@@H](Cc1ccc2c(c1)OCO2)C(=O)NN1c2ccccc2C[C@H]1O)NO. The van der Waals surface area contributed by atoms with Gasteiger partial charge < -0.3 is 14.6 Å². The summed E-state index contributed by atoms with van der Waals surface area (Å²) < 4.78 is 10.6. The van der Waals surface area contributed by atoms with Crippen molar-refractivity contribution in [2.75, 3.05) is 11.8 Å². The first-order valence-corrected chi connectivity index (χ1v) is 9.22. The molecule has 0 spiro atoms. The molecule has 9 nitrogen and oxygen atoms in total. The second-order valence-corrected chi connectivity index (χ2v) is 6.99. The van der Waals surface area contributed by atoms with Crippen LogP contribution in [0.3, 0.4) is 0 Å². The largest absolute Gasteiger partial charge is 0.454 e. The zero-order chi connectivity index (χ0) is 20.4. The van der Waals surface area contributed by atoms with E-state index in [9.17, 15) is 14.7 Å². The molecule has 0 saturated carbocycles. The summed E-state index contributed by atoms with van der Waals surface area (Å²) >= 11 is 0. The highest BCUT2D eigenvalue weighted by atomic mass is 16.7. The predicted molar refractivity (Wildman–Crippen MR) is 101 cm³/mol. The monoisotopic (exact) mass is 399 g/mol. The van der Waals surface area contributed by atoms with E-state index in [1.807, 2.05) is 18.2 Å². The number of aliphatic hydroxyl groups is 1. The highest BCUT2D eigenvalue weighted by molar-refractivity contribution is 5.86. The van der Waals surface area contributed by atoms with Crippen LogP contribution in [-0.2, 0) is 22.4 Å². The van der Waals surface area contributed by atoms with Crippen LogP contribution in [0.25, 0.3) is 0 Å². The van der Waals surface area contributed by atoms with E-state index in [2.05, 4.69) is 5.43 Å². The number of hydrazine groups is 1. The molecule has 0 radical (unpaired) electrons. The van der Waals surface area contributed by atoms with Gasteiger partial charge in [-0.05, 0) is 35.7 Å². The number of hydrogen-bond acceptors (Lipinski definition) is 7. The molecule has 0 aliphatic carbocycles. The molecule has 29 heavy (non-hydrogen) atoms. The molecule has 0 aromatic heterocycles. The van der Waals surface area contributed by atoms with Crippen molar-refractivity contribution in [1.82, 2.24) is 10.9 Å². The lowest BCUT2D eigenvalue weighted by atomic mass is 9.95. The maximum absolute atomic E-state index is 13.0. The van der Waals surface area contributed by atoms with Gasteiger partial charge in [0, 0.05) is 12.8 Å². The maximum atomic E-state index is 13.0. The summed E-state index contributed by atoms with van der Waals surface area (Å²) in [6, 6.07) is 12.7. The minimum absolute atomic E-state index is 0.141. The zero-order valence-electron chi connectivity index (χ0n) is 15.5. The third kappa shape index (κ3) is 3.96. The number of carbonyl (C=O) groups excluding carboxylic acids is 2. The van der Waals surface area contributed by atoms with Gasteiger partial charge in [0.25, 0.3) is 0 Å². The summed E-state index contributed by atoms with van der Waals surface area (Å²) in [6.07, 6.45) is -0.487. The van der Waals surface area contributed by atoms with Crippen LogP contribution in [0.1, 0.15) is 17.5 Å². The third-order valence-corrected chi connectivity index (χ3v) is 5.03. The Morgan fingerprint density at radius 3 is 2.79 bits per heavy atom.